The van der Waals surface area contributed by atoms with Gasteiger partial charge in [-0.15, -0.1) is 0 Å². The van der Waals surface area contributed by atoms with E-state index < -0.39 is 0 Å². The zero-order valence-electron chi connectivity index (χ0n) is 8.97. The Morgan fingerprint density at radius 2 is 2.20 bits per heavy atom. The van der Waals surface area contributed by atoms with Gasteiger partial charge in [-0.1, -0.05) is 18.5 Å². The first-order chi connectivity index (χ1) is 7.02. The molecule has 0 radical (unpaired) electrons. The summed E-state index contributed by atoms with van der Waals surface area (Å²) in [7, 11) is 1.48. The average molecular weight is 233 g/mol. The van der Waals surface area contributed by atoms with Crippen LogP contribution in [0.3, 0.4) is 0 Å². The second kappa shape index (κ2) is 4.81. The highest BCUT2D eigenvalue weighted by atomic mass is 35.5. The van der Waals surface area contributed by atoms with E-state index in [2.05, 4.69) is 0 Å². The summed E-state index contributed by atoms with van der Waals surface area (Å²) in [5.41, 5.74) is 1.10. The zero-order chi connectivity index (χ0) is 11.6. The van der Waals surface area contributed by atoms with Crippen LogP contribution in [0.15, 0.2) is 6.07 Å². The smallest absolute Gasteiger partial charge is 0.141 e. The summed E-state index contributed by atoms with van der Waals surface area (Å²) >= 11 is 5.86. The van der Waals surface area contributed by atoms with Gasteiger partial charge >= 0.3 is 0 Å². The summed E-state index contributed by atoms with van der Waals surface area (Å²) in [6.45, 7) is 3.37. The lowest BCUT2D eigenvalue weighted by Gasteiger charge is -2.18. The predicted molar refractivity (Wildman–Crippen MR) is 58.2 cm³/mol. The van der Waals surface area contributed by atoms with Crippen LogP contribution in [0.2, 0.25) is 5.02 Å². The molecule has 1 atom stereocenters. The van der Waals surface area contributed by atoms with Crippen molar-refractivity contribution in [2.75, 3.05) is 13.7 Å². The molecule has 1 N–H and O–H groups in total. The molecule has 15 heavy (non-hydrogen) atoms. The molecule has 2 nitrogen and oxygen atoms in total. The van der Waals surface area contributed by atoms with Crippen molar-refractivity contribution in [2.45, 2.75) is 19.8 Å². The molecule has 0 bridgehead atoms. The van der Waals surface area contributed by atoms with E-state index in [1.54, 1.807) is 13.8 Å². The fourth-order valence-electron chi connectivity index (χ4n) is 1.60. The van der Waals surface area contributed by atoms with E-state index in [-0.39, 0.29) is 23.4 Å². The van der Waals surface area contributed by atoms with Crippen molar-refractivity contribution >= 4 is 11.6 Å². The number of ether oxygens (including phenoxy) is 1. The number of rotatable bonds is 3. The highest BCUT2D eigenvalue weighted by molar-refractivity contribution is 6.32. The van der Waals surface area contributed by atoms with Gasteiger partial charge in [0.05, 0.1) is 12.1 Å². The molecule has 4 heteroatoms. The van der Waals surface area contributed by atoms with Crippen molar-refractivity contribution in [1.82, 2.24) is 0 Å². The normalized spacial score (nSPS) is 12.7. The lowest BCUT2D eigenvalue weighted by atomic mass is 9.95. The van der Waals surface area contributed by atoms with Crippen LogP contribution in [-0.2, 0) is 0 Å². The van der Waals surface area contributed by atoms with Crippen LogP contribution < -0.4 is 4.74 Å². The van der Waals surface area contributed by atoms with Crippen molar-refractivity contribution in [3.8, 4) is 5.75 Å². The average Bonchev–Trinajstić information content (AvgIpc) is 2.21. The molecule has 1 rings (SSSR count). The molecule has 1 aromatic rings. The Morgan fingerprint density at radius 1 is 1.60 bits per heavy atom. The van der Waals surface area contributed by atoms with Crippen LogP contribution in [0, 0.1) is 12.7 Å². The molecule has 0 saturated carbocycles. The molecule has 0 aliphatic rings. The van der Waals surface area contributed by atoms with Gasteiger partial charge in [-0.25, -0.2) is 4.39 Å². The topological polar surface area (TPSA) is 29.5 Å². The summed E-state index contributed by atoms with van der Waals surface area (Å²) in [5, 5.41) is 9.33. The SMILES string of the molecule is COc1c(Cl)cc(F)c(C)c1C(C)CO. The summed E-state index contributed by atoms with van der Waals surface area (Å²) in [5.74, 6) is -0.138. The lowest BCUT2D eigenvalue weighted by molar-refractivity contribution is 0.269. The summed E-state index contributed by atoms with van der Waals surface area (Å²) in [4.78, 5) is 0. The van der Waals surface area contributed by atoms with Crippen molar-refractivity contribution < 1.29 is 14.2 Å². The fourth-order valence-corrected chi connectivity index (χ4v) is 1.88. The molecule has 84 valence electrons. The van der Waals surface area contributed by atoms with E-state index in [4.69, 9.17) is 21.4 Å². The van der Waals surface area contributed by atoms with Gasteiger partial charge in [0.25, 0.3) is 0 Å². The first kappa shape index (κ1) is 12.3. The molecule has 0 aromatic heterocycles. The van der Waals surface area contributed by atoms with Crippen LogP contribution in [0.25, 0.3) is 0 Å². The quantitative estimate of drug-likeness (QED) is 0.869. The van der Waals surface area contributed by atoms with Gasteiger partial charge in [0.15, 0.2) is 0 Å². The van der Waals surface area contributed by atoms with Crippen LogP contribution in [0.4, 0.5) is 4.39 Å². The molecular formula is C11H14ClFO2. The first-order valence-corrected chi connectivity index (χ1v) is 5.04. The molecule has 1 unspecified atom stereocenters. The summed E-state index contributed by atoms with van der Waals surface area (Å²) in [6.07, 6.45) is 0. The van der Waals surface area contributed by atoms with E-state index in [1.165, 1.54) is 13.2 Å². The Bertz CT molecular complexity index is 366. The number of methoxy groups -OCH3 is 1. The maximum atomic E-state index is 13.4. The number of hydrogen-bond donors (Lipinski definition) is 1. The number of benzene rings is 1. The first-order valence-electron chi connectivity index (χ1n) is 4.66. The number of hydrogen-bond acceptors (Lipinski definition) is 2. The maximum Gasteiger partial charge on any atom is 0.141 e. The van der Waals surface area contributed by atoms with Gasteiger partial charge in [0.2, 0.25) is 0 Å². The second-order valence-corrected chi connectivity index (χ2v) is 3.90. The lowest BCUT2D eigenvalue weighted by Crippen LogP contribution is -2.06. The monoisotopic (exact) mass is 232 g/mol. The Kier molecular flexibility index (Phi) is 3.94. The summed E-state index contributed by atoms with van der Waals surface area (Å²) in [6, 6.07) is 1.23. The minimum absolute atomic E-state index is 0.0724. The van der Waals surface area contributed by atoms with E-state index in [0.29, 0.717) is 16.9 Å². The Hall–Kier alpha value is -0.800. The molecule has 0 spiro atoms. The van der Waals surface area contributed by atoms with Crippen LogP contribution in [0.1, 0.15) is 24.0 Å². The number of aliphatic hydroxyl groups is 1. The number of halogens is 2. The standard InChI is InChI=1S/C11H14ClFO2/c1-6(5-14)10-7(2)9(13)4-8(12)11(10)15-3/h4,6,14H,5H2,1-3H3. The second-order valence-electron chi connectivity index (χ2n) is 3.50. The van der Waals surface area contributed by atoms with Crippen LogP contribution in [-0.4, -0.2) is 18.8 Å². The van der Waals surface area contributed by atoms with Crippen LogP contribution >= 0.6 is 11.6 Å². The van der Waals surface area contributed by atoms with E-state index >= 15 is 0 Å². The maximum absolute atomic E-state index is 13.4. The molecule has 1 aromatic carbocycles. The zero-order valence-corrected chi connectivity index (χ0v) is 9.73. The fraction of sp³-hybridized carbons (Fsp3) is 0.455. The van der Waals surface area contributed by atoms with E-state index in [0.717, 1.165) is 0 Å². The predicted octanol–water partition coefficient (Wildman–Crippen LogP) is 2.89. The van der Waals surface area contributed by atoms with Crippen LogP contribution in [0.5, 0.6) is 5.75 Å². The van der Waals surface area contributed by atoms with Gasteiger partial charge in [0, 0.05) is 18.1 Å². The molecule has 0 fully saturated rings. The van der Waals surface area contributed by atoms with Gasteiger partial charge in [-0.05, 0) is 18.6 Å². The van der Waals surface area contributed by atoms with E-state index in [1.807, 2.05) is 0 Å². The largest absolute Gasteiger partial charge is 0.495 e. The van der Waals surface area contributed by atoms with Crippen molar-refractivity contribution in [3.05, 3.63) is 28.0 Å². The molecule has 0 aliphatic carbocycles. The minimum Gasteiger partial charge on any atom is -0.495 e. The van der Waals surface area contributed by atoms with Gasteiger partial charge in [0.1, 0.15) is 11.6 Å². The number of aliphatic hydroxyl groups excluding tert-OH is 1. The Balaban J connectivity index is 3.43. The minimum atomic E-state index is -0.379. The van der Waals surface area contributed by atoms with Gasteiger partial charge < -0.3 is 9.84 Å². The Labute approximate surface area is 93.6 Å². The third kappa shape index (κ3) is 2.24. The molecular weight excluding hydrogens is 219 g/mol. The Morgan fingerprint density at radius 3 is 2.67 bits per heavy atom. The molecule has 0 aliphatic heterocycles. The third-order valence-corrected chi connectivity index (χ3v) is 2.73. The highest BCUT2D eigenvalue weighted by Gasteiger charge is 2.19. The van der Waals surface area contributed by atoms with Gasteiger partial charge in [-0.3, -0.25) is 0 Å². The molecule has 0 saturated heterocycles. The van der Waals surface area contributed by atoms with Crippen molar-refractivity contribution in [2.24, 2.45) is 0 Å². The van der Waals surface area contributed by atoms with Gasteiger partial charge in [-0.2, -0.15) is 0 Å². The third-order valence-electron chi connectivity index (χ3n) is 2.45. The van der Waals surface area contributed by atoms with Crippen molar-refractivity contribution in [3.63, 3.8) is 0 Å². The molecule has 0 heterocycles. The highest BCUT2D eigenvalue weighted by Crippen LogP contribution is 2.37. The van der Waals surface area contributed by atoms with Crippen molar-refractivity contribution in [1.29, 1.82) is 0 Å². The summed E-state index contributed by atoms with van der Waals surface area (Å²) < 4.78 is 18.6. The molecule has 0 amide bonds. The van der Waals surface area contributed by atoms with E-state index in [9.17, 15) is 4.39 Å².